The van der Waals surface area contributed by atoms with E-state index in [2.05, 4.69) is 86.3 Å². The fourth-order valence-electron chi connectivity index (χ4n) is 7.10. The van der Waals surface area contributed by atoms with E-state index in [0.717, 1.165) is 63.3 Å². The average Bonchev–Trinajstić information content (AvgIpc) is 3.61. The van der Waals surface area contributed by atoms with Gasteiger partial charge in [0.05, 0.1) is 6.67 Å². The van der Waals surface area contributed by atoms with E-state index in [1.807, 2.05) is 32.6 Å². The minimum atomic E-state index is -0.260. The lowest BCUT2D eigenvalue weighted by atomic mass is 9.86. The van der Waals surface area contributed by atoms with Crippen molar-refractivity contribution in [3.8, 4) is 5.75 Å². The number of carbonyl (C=O) groups is 1. The lowest BCUT2D eigenvalue weighted by molar-refractivity contribution is -0.117. The van der Waals surface area contributed by atoms with Crippen LogP contribution in [0.15, 0.2) is 60.7 Å². The van der Waals surface area contributed by atoms with Crippen molar-refractivity contribution in [2.75, 3.05) is 37.8 Å². The Bertz CT molecular complexity index is 1480. The van der Waals surface area contributed by atoms with Gasteiger partial charge in [-0.15, -0.1) is 0 Å². The molecule has 2 unspecified atom stereocenters. The summed E-state index contributed by atoms with van der Waals surface area (Å²) < 4.78 is 19.0. The standard InChI is InChI=1S/C37H43FN2O2.2C2H6/c1-25-8-14-33(27(3)20-25)35-7-4-6-29-22-30(40-23-26(2)21-36(40)41)11-15-34(29)37(35)28-9-12-31(13-10-28)42-32-16-19-39(24-32)18-5-17-38;2*1-2/h8-15,20,22,26,32H,4-7,16-19,21,23-24H2,1-3H3;2*1-2H3. The number of fused-ring (bicyclic) bond motifs is 1. The second-order valence-corrected chi connectivity index (χ2v) is 12.6. The lowest BCUT2D eigenvalue weighted by Gasteiger charge is -2.21. The highest BCUT2D eigenvalue weighted by Gasteiger charge is 2.29. The number of hydrogen-bond donors (Lipinski definition) is 0. The first-order valence-electron chi connectivity index (χ1n) is 17.7. The molecule has 0 spiro atoms. The molecule has 5 heteroatoms. The number of aryl methyl sites for hydroxylation is 3. The van der Waals surface area contributed by atoms with E-state index in [9.17, 15) is 9.18 Å². The topological polar surface area (TPSA) is 32.8 Å². The van der Waals surface area contributed by atoms with Gasteiger partial charge in [-0.25, -0.2) is 0 Å². The molecule has 248 valence electrons. The van der Waals surface area contributed by atoms with Gasteiger partial charge in [0.1, 0.15) is 11.9 Å². The van der Waals surface area contributed by atoms with Gasteiger partial charge in [-0.1, -0.05) is 76.6 Å². The fourth-order valence-corrected chi connectivity index (χ4v) is 7.10. The molecule has 3 aromatic rings. The molecule has 2 saturated heterocycles. The molecular weight excluding hydrogens is 571 g/mol. The van der Waals surface area contributed by atoms with E-state index in [4.69, 9.17) is 4.74 Å². The Labute approximate surface area is 277 Å². The molecule has 0 bridgehead atoms. The maximum atomic E-state index is 12.7. The Morgan fingerprint density at radius 1 is 0.891 bits per heavy atom. The van der Waals surface area contributed by atoms with Crippen molar-refractivity contribution in [1.82, 2.24) is 4.90 Å². The van der Waals surface area contributed by atoms with Crippen LogP contribution in [-0.4, -0.2) is 49.8 Å². The first kappa shape index (κ1) is 35.4. The predicted molar refractivity (Wildman–Crippen MR) is 193 cm³/mol. The number of likely N-dealkylation sites (tertiary alicyclic amines) is 1. The zero-order chi connectivity index (χ0) is 33.2. The molecule has 0 N–H and O–H groups in total. The number of hydrogen-bond acceptors (Lipinski definition) is 3. The largest absolute Gasteiger partial charge is 0.489 e. The van der Waals surface area contributed by atoms with Crippen LogP contribution in [0.3, 0.4) is 0 Å². The van der Waals surface area contributed by atoms with Crippen LogP contribution in [0.4, 0.5) is 10.1 Å². The monoisotopic (exact) mass is 626 g/mol. The number of nitrogens with zero attached hydrogens (tertiary/aromatic N) is 2. The van der Waals surface area contributed by atoms with E-state index in [1.165, 1.54) is 44.5 Å². The van der Waals surface area contributed by atoms with Gasteiger partial charge in [0, 0.05) is 38.3 Å². The summed E-state index contributed by atoms with van der Waals surface area (Å²) in [6.07, 6.45) is 5.39. The molecule has 2 aliphatic heterocycles. The maximum Gasteiger partial charge on any atom is 0.227 e. The number of ether oxygens (including phenoxy) is 1. The van der Waals surface area contributed by atoms with Crippen molar-refractivity contribution in [2.24, 2.45) is 5.92 Å². The molecule has 1 aliphatic carbocycles. The second kappa shape index (κ2) is 16.9. The van der Waals surface area contributed by atoms with Crippen molar-refractivity contribution < 1.29 is 13.9 Å². The van der Waals surface area contributed by atoms with Crippen LogP contribution >= 0.6 is 0 Å². The van der Waals surface area contributed by atoms with Crippen molar-refractivity contribution >= 4 is 22.7 Å². The molecule has 2 atom stereocenters. The van der Waals surface area contributed by atoms with Crippen LogP contribution in [0.1, 0.15) is 100 Å². The predicted octanol–water partition coefficient (Wildman–Crippen LogP) is 9.84. The maximum absolute atomic E-state index is 12.7. The van der Waals surface area contributed by atoms with Gasteiger partial charge >= 0.3 is 0 Å². The number of rotatable bonds is 8. The molecule has 3 aromatic carbocycles. The third kappa shape index (κ3) is 8.28. The van der Waals surface area contributed by atoms with Gasteiger partial charge in [-0.3, -0.25) is 14.1 Å². The quantitative estimate of drug-likeness (QED) is 0.250. The smallest absolute Gasteiger partial charge is 0.227 e. The van der Waals surface area contributed by atoms with Crippen LogP contribution in [0.25, 0.3) is 11.1 Å². The summed E-state index contributed by atoms with van der Waals surface area (Å²) in [6, 6.07) is 22.1. The van der Waals surface area contributed by atoms with Gasteiger partial charge in [0.25, 0.3) is 0 Å². The first-order chi connectivity index (χ1) is 22.4. The van der Waals surface area contributed by atoms with Crippen LogP contribution in [0.5, 0.6) is 5.75 Å². The first-order valence-corrected chi connectivity index (χ1v) is 17.7. The molecule has 3 aliphatic rings. The summed E-state index contributed by atoms with van der Waals surface area (Å²) >= 11 is 0. The lowest BCUT2D eigenvalue weighted by Crippen LogP contribution is -2.26. The molecule has 0 radical (unpaired) electrons. The summed E-state index contributed by atoms with van der Waals surface area (Å²) in [5.74, 6) is 1.51. The molecule has 1 amide bonds. The molecule has 46 heavy (non-hydrogen) atoms. The van der Waals surface area contributed by atoms with Crippen LogP contribution in [0.2, 0.25) is 0 Å². The van der Waals surface area contributed by atoms with Crippen LogP contribution < -0.4 is 9.64 Å². The van der Waals surface area contributed by atoms with E-state index >= 15 is 0 Å². The Kier molecular flexibility index (Phi) is 13.0. The molecule has 4 nitrogen and oxygen atoms in total. The van der Waals surface area contributed by atoms with Crippen molar-refractivity contribution in [1.29, 1.82) is 0 Å². The van der Waals surface area contributed by atoms with Gasteiger partial charge < -0.3 is 9.64 Å². The SMILES string of the molecule is CC.CC.Cc1ccc(C2=C(c3ccc(OC4CCN(CCCF)C4)cc3)c3ccc(N4CC(C)CC4=O)cc3CCC2)c(C)c1. The van der Waals surface area contributed by atoms with Gasteiger partial charge in [0.15, 0.2) is 0 Å². The van der Waals surface area contributed by atoms with Crippen LogP contribution in [-0.2, 0) is 11.2 Å². The minimum Gasteiger partial charge on any atom is -0.489 e. The van der Waals surface area contributed by atoms with Gasteiger partial charge in [0.2, 0.25) is 5.91 Å². The highest BCUT2D eigenvalue weighted by molar-refractivity contribution is 6.01. The third-order valence-corrected chi connectivity index (χ3v) is 9.15. The summed E-state index contributed by atoms with van der Waals surface area (Å²) in [5.41, 5.74) is 11.4. The third-order valence-electron chi connectivity index (χ3n) is 9.15. The Morgan fingerprint density at radius 2 is 1.63 bits per heavy atom. The molecule has 0 aromatic heterocycles. The molecule has 2 fully saturated rings. The van der Waals surface area contributed by atoms with Gasteiger partial charge in [-0.05, 0) is 115 Å². The molecular formula is C41H55FN2O2. The number of carbonyl (C=O) groups excluding carboxylic acids is 1. The number of halogens is 1. The number of anilines is 1. The molecule has 0 saturated carbocycles. The van der Waals surface area contributed by atoms with Crippen molar-refractivity contribution in [3.05, 3.63) is 94.0 Å². The average molecular weight is 627 g/mol. The van der Waals surface area contributed by atoms with E-state index < -0.39 is 0 Å². The molecule has 6 rings (SSSR count). The summed E-state index contributed by atoms with van der Waals surface area (Å²) in [7, 11) is 0. The van der Waals surface area contributed by atoms with Crippen LogP contribution in [0, 0.1) is 19.8 Å². The van der Waals surface area contributed by atoms with E-state index in [0.29, 0.717) is 18.8 Å². The summed E-state index contributed by atoms with van der Waals surface area (Å²) in [5, 5.41) is 0. The Morgan fingerprint density at radius 3 is 2.30 bits per heavy atom. The van der Waals surface area contributed by atoms with E-state index in [-0.39, 0.29) is 18.7 Å². The minimum absolute atomic E-state index is 0.147. The highest BCUT2D eigenvalue weighted by Crippen LogP contribution is 2.42. The summed E-state index contributed by atoms with van der Waals surface area (Å²) in [6.45, 7) is 17.7. The van der Waals surface area contributed by atoms with Crippen molar-refractivity contribution in [2.45, 2.75) is 93.1 Å². The fraction of sp³-hybridized carbons (Fsp3) is 0.488. The zero-order valence-electron chi connectivity index (χ0n) is 29.3. The highest BCUT2D eigenvalue weighted by atomic mass is 19.1. The Balaban J connectivity index is 0.00000116. The molecule has 2 heterocycles. The number of benzene rings is 3. The Hall–Kier alpha value is -3.44. The van der Waals surface area contributed by atoms with Crippen molar-refractivity contribution in [3.63, 3.8) is 0 Å². The number of amides is 1. The zero-order valence-corrected chi connectivity index (χ0v) is 29.3. The normalized spacial score (nSPS) is 19.6. The number of allylic oxidation sites excluding steroid dienone is 1. The second-order valence-electron chi connectivity index (χ2n) is 12.6. The number of alkyl halides is 1. The van der Waals surface area contributed by atoms with Gasteiger partial charge in [-0.2, -0.15) is 0 Å². The summed E-state index contributed by atoms with van der Waals surface area (Å²) in [4.78, 5) is 17.0. The van der Waals surface area contributed by atoms with E-state index in [1.54, 1.807) is 0 Å².